The lowest BCUT2D eigenvalue weighted by Gasteiger charge is -2.42. The van der Waals surface area contributed by atoms with Crippen LogP contribution in [0, 0.1) is 5.92 Å². The number of hydrogen-bond donors (Lipinski definition) is 0. The van der Waals surface area contributed by atoms with E-state index >= 15 is 0 Å². The van der Waals surface area contributed by atoms with Crippen LogP contribution in [-0.4, -0.2) is 55.5 Å². The van der Waals surface area contributed by atoms with E-state index in [1.165, 1.54) is 0 Å². The van der Waals surface area contributed by atoms with Gasteiger partial charge in [0, 0.05) is 38.7 Å². The van der Waals surface area contributed by atoms with Gasteiger partial charge in [-0.05, 0) is 25.0 Å². The zero-order chi connectivity index (χ0) is 17.7. The van der Waals surface area contributed by atoms with Gasteiger partial charge in [-0.1, -0.05) is 29.8 Å². The van der Waals surface area contributed by atoms with Crippen molar-refractivity contribution in [3.8, 4) is 0 Å². The fourth-order valence-electron chi connectivity index (χ4n) is 3.20. The molecular weight excluding hydrogens is 328 g/mol. The van der Waals surface area contributed by atoms with Gasteiger partial charge in [0.15, 0.2) is 0 Å². The van der Waals surface area contributed by atoms with Crippen LogP contribution in [0.2, 0.25) is 5.02 Å². The van der Waals surface area contributed by atoms with Crippen molar-refractivity contribution in [2.75, 3.05) is 33.9 Å². The molecule has 2 rings (SSSR count). The molecule has 5 nitrogen and oxygen atoms in total. The Labute approximate surface area is 148 Å². The summed E-state index contributed by atoms with van der Waals surface area (Å²) < 4.78 is 5.15. The first-order valence-electron chi connectivity index (χ1n) is 8.29. The van der Waals surface area contributed by atoms with Gasteiger partial charge < -0.3 is 14.5 Å². The van der Waals surface area contributed by atoms with Gasteiger partial charge in [0.05, 0.1) is 18.6 Å². The molecule has 6 heteroatoms. The molecule has 1 aromatic carbocycles. The zero-order valence-electron chi connectivity index (χ0n) is 14.5. The lowest BCUT2D eigenvalue weighted by molar-refractivity contribution is -0.148. The van der Waals surface area contributed by atoms with Crippen molar-refractivity contribution in [1.82, 2.24) is 9.80 Å². The first-order chi connectivity index (χ1) is 11.5. The molecule has 2 amide bonds. The number of carbonyl (C=O) groups excluding carboxylic acids is 2. The van der Waals surface area contributed by atoms with E-state index in [1.54, 1.807) is 30.0 Å². The SMILES string of the molecule is CCN(C)C(=O)[C@@H]1CCC(=O)N(CCOC)[C@H]1c1ccccc1Cl. The topological polar surface area (TPSA) is 49.9 Å². The number of amides is 2. The fourth-order valence-corrected chi connectivity index (χ4v) is 3.45. The lowest BCUT2D eigenvalue weighted by atomic mass is 9.83. The molecule has 1 heterocycles. The number of hydrogen-bond acceptors (Lipinski definition) is 3. The summed E-state index contributed by atoms with van der Waals surface area (Å²) in [5.74, 6) is -0.193. The maximum atomic E-state index is 12.9. The van der Waals surface area contributed by atoms with Gasteiger partial charge in [-0.15, -0.1) is 0 Å². The normalized spacial score (nSPS) is 21.0. The van der Waals surface area contributed by atoms with Crippen molar-refractivity contribution < 1.29 is 14.3 Å². The van der Waals surface area contributed by atoms with E-state index in [0.29, 0.717) is 37.6 Å². The van der Waals surface area contributed by atoms with E-state index in [9.17, 15) is 9.59 Å². The highest BCUT2D eigenvalue weighted by atomic mass is 35.5. The molecule has 1 saturated heterocycles. The lowest BCUT2D eigenvalue weighted by Crippen LogP contribution is -2.49. The first kappa shape index (κ1) is 18.7. The second-order valence-electron chi connectivity index (χ2n) is 6.04. The summed E-state index contributed by atoms with van der Waals surface area (Å²) >= 11 is 6.39. The highest BCUT2D eigenvalue weighted by Crippen LogP contribution is 2.40. The Bertz CT molecular complexity index is 593. The second kappa shape index (κ2) is 8.49. The van der Waals surface area contributed by atoms with Crippen molar-refractivity contribution in [1.29, 1.82) is 0 Å². The summed E-state index contributed by atoms with van der Waals surface area (Å²) in [6.07, 6.45) is 0.917. The van der Waals surface area contributed by atoms with E-state index in [0.717, 1.165) is 5.56 Å². The average Bonchev–Trinajstić information content (AvgIpc) is 2.59. The number of nitrogens with zero attached hydrogens (tertiary/aromatic N) is 2. The highest BCUT2D eigenvalue weighted by molar-refractivity contribution is 6.31. The van der Waals surface area contributed by atoms with Crippen LogP contribution in [0.15, 0.2) is 24.3 Å². The molecule has 0 spiro atoms. The Morgan fingerprint density at radius 3 is 2.75 bits per heavy atom. The van der Waals surface area contributed by atoms with Crippen molar-refractivity contribution >= 4 is 23.4 Å². The molecule has 0 radical (unpaired) electrons. The van der Waals surface area contributed by atoms with Crippen molar-refractivity contribution in [3.63, 3.8) is 0 Å². The van der Waals surface area contributed by atoms with Gasteiger partial charge in [0.1, 0.15) is 0 Å². The predicted molar refractivity (Wildman–Crippen MR) is 93.8 cm³/mol. The number of methoxy groups -OCH3 is 1. The smallest absolute Gasteiger partial charge is 0.227 e. The number of benzene rings is 1. The number of piperidine rings is 1. The van der Waals surface area contributed by atoms with Gasteiger partial charge in [-0.3, -0.25) is 9.59 Å². The maximum Gasteiger partial charge on any atom is 0.227 e. The molecular formula is C18H25ClN2O3. The third-order valence-electron chi connectivity index (χ3n) is 4.63. The molecule has 0 aliphatic carbocycles. The minimum atomic E-state index is -0.350. The largest absolute Gasteiger partial charge is 0.383 e. The molecule has 1 fully saturated rings. The first-order valence-corrected chi connectivity index (χ1v) is 8.66. The van der Waals surface area contributed by atoms with Crippen molar-refractivity contribution in [2.24, 2.45) is 5.92 Å². The average molecular weight is 353 g/mol. The van der Waals surface area contributed by atoms with Crippen molar-refractivity contribution in [2.45, 2.75) is 25.8 Å². The summed E-state index contributed by atoms with van der Waals surface area (Å²) in [5, 5.41) is 0.580. The standard InChI is InChI=1S/C18H25ClN2O3/c1-4-20(2)18(23)14-9-10-16(22)21(11-12-24-3)17(14)13-7-5-6-8-15(13)19/h5-8,14,17H,4,9-12H2,1-3H3/t14-,17+/m1/s1. The summed E-state index contributed by atoms with van der Waals surface area (Å²) in [6.45, 7) is 3.46. The van der Waals surface area contributed by atoms with E-state index in [2.05, 4.69) is 0 Å². The molecule has 0 aromatic heterocycles. The van der Waals surface area contributed by atoms with Gasteiger partial charge in [0.25, 0.3) is 0 Å². The predicted octanol–water partition coefficient (Wildman–Crippen LogP) is 2.74. The van der Waals surface area contributed by atoms with Crippen LogP contribution < -0.4 is 0 Å². The molecule has 1 aromatic rings. The van der Waals surface area contributed by atoms with Crippen LogP contribution >= 0.6 is 11.6 Å². The quantitative estimate of drug-likeness (QED) is 0.791. The molecule has 0 bridgehead atoms. The van der Waals surface area contributed by atoms with Crippen LogP contribution in [0.1, 0.15) is 31.4 Å². The van der Waals surface area contributed by atoms with E-state index in [-0.39, 0.29) is 23.8 Å². The van der Waals surface area contributed by atoms with Crippen LogP contribution in [0.3, 0.4) is 0 Å². The molecule has 0 saturated carbocycles. The summed E-state index contributed by atoms with van der Waals surface area (Å²) in [7, 11) is 3.40. The van der Waals surface area contributed by atoms with Gasteiger partial charge in [-0.2, -0.15) is 0 Å². The molecule has 132 valence electrons. The number of halogens is 1. The van der Waals surface area contributed by atoms with Crippen LogP contribution in [0.5, 0.6) is 0 Å². The Morgan fingerprint density at radius 1 is 1.42 bits per heavy atom. The third kappa shape index (κ3) is 3.90. The summed E-state index contributed by atoms with van der Waals surface area (Å²) in [6, 6.07) is 7.09. The molecule has 0 unspecified atom stereocenters. The van der Waals surface area contributed by atoms with E-state index < -0.39 is 0 Å². The van der Waals surface area contributed by atoms with E-state index in [4.69, 9.17) is 16.3 Å². The second-order valence-corrected chi connectivity index (χ2v) is 6.45. The Morgan fingerprint density at radius 2 is 2.12 bits per heavy atom. The highest BCUT2D eigenvalue weighted by Gasteiger charge is 2.41. The molecule has 1 aliphatic heterocycles. The zero-order valence-corrected chi connectivity index (χ0v) is 15.3. The molecule has 0 N–H and O–H groups in total. The fraction of sp³-hybridized carbons (Fsp3) is 0.556. The van der Waals surface area contributed by atoms with E-state index in [1.807, 2.05) is 25.1 Å². The monoisotopic (exact) mass is 352 g/mol. The Balaban J connectivity index is 2.43. The third-order valence-corrected chi connectivity index (χ3v) is 4.98. The number of carbonyl (C=O) groups is 2. The van der Waals surface area contributed by atoms with Crippen molar-refractivity contribution in [3.05, 3.63) is 34.9 Å². The van der Waals surface area contributed by atoms with Crippen LogP contribution in [-0.2, 0) is 14.3 Å². The molecule has 1 aliphatic rings. The Hall–Kier alpha value is -1.59. The summed E-state index contributed by atoms with van der Waals surface area (Å²) in [5.41, 5.74) is 0.825. The molecule has 24 heavy (non-hydrogen) atoms. The minimum Gasteiger partial charge on any atom is -0.383 e. The maximum absolute atomic E-state index is 12.9. The van der Waals surface area contributed by atoms with Crippen LogP contribution in [0.25, 0.3) is 0 Å². The van der Waals surface area contributed by atoms with Gasteiger partial charge in [-0.25, -0.2) is 0 Å². The summed E-state index contributed by atoms with van der Waals surface area (Å²) in [4.78, 5) is 28.8. The number of ether oxygens (including phenoxy) is 1. The number of rotatable bonds is 6. The minimum absolute atomic E-state index is 0.0418. The Kier molecular flexibility index (Phi) is 6.63. The van der Waals surface area contributed by atoms with Gasteiger partial charge >= 0.3 is 0 Å². The molecule has 2 atom stereocenters. The number of likely N-dealkylation sites (tertiary alicyclic amines) is 1. The van der Waals surface area contributed by atoms with Crippen LogP contribution in [0.4, 0.5) is 0 Å². The van der Waals surface area contributed by atoms with Gasteiger partial charge in [0.2, 0.25) is 11.8 Å².